The predicted octanol–water partition coefficient (Wildman–Crippen LogP) is 13.8. The van der Waals surface area contributed by atoms with E-state index in [9.17, 15) is 19.8 Å². The third-order valence-corrected chi connectivity index (χ3v) is 10.1. The van der Waals surface area contributed by atoms with Gasteiger partial charge in [0.05, 0.1) is 25.2 Å². The zero-order valence-corrected chi connectivity index (χ0v) is 37.4. The maximum Gasteiger partial charge on any atom is 0.306 e. The number of nitrogens with one attached hydrogen (secondary N) is 1. The number of aliphatic hydroxyl groups is 2. The Balaban J connectivity index is 4.67. The molecular formula is C52H87NO5. The summed E-state index contributed by atoms with van der Waals surface area (Å²) in [6.07, 6.45) is 58.9. The molecule has 6 heteroatoms. The van der Waals surface area contributed by atoms with E-state index in [4.69, 9.17) is 4.74 Å². The van der Waals surface area contributed by atoms with Gasteiger partial charge >= 0.3 is 5.97 Å². The van der Waals surface area contributed by atoms with Crippen molar-refractivity contribution in [3.05, 3.63) is 97.2 Å². The standard InChI is InChI=1S/C52H87NO5/c1-4-7-10-13-16-19-22-23-24-25-26-27-28-30-33-36-39-42-45-52(57)58-48(43-40-37-34-31-29-20-17-14-11-8-5-2)46-51(56)53-49(47-54)50(55)44-41-38-35-32-21-18-15-12-9-6-3/h8,10-11,13-14,16-17,19-20,22-27,29,48-50,54-55H,4-7,9,12,15,18,21,28,30-47H2,1-3H3,(H,53,56)/b11-8+,13-10+,17-14+,19-16+,23-22+,25-24+,27-26+,29-20-. The minimum atomic E-state index is -0.805. The first-order chi connectivity index (χ1) is 28.5. The van der Waals surface area contributed by atoms with Crippen molar-refractivity contribution in [3.8, 4) is 0 Å². The second-order valence-corrected chi connectivity index (χ2v) is 15.6. The molecule has 6 nitrogen and oxygen atoms in total. The molecule has 330 valence electrons. The highest BCUT2D eigenvalue weighted by Crippen LogP contribution is 2.17. The second kappa shape index (κ2) is 44.9. The van der Waals surface area contributed by atoms with Gasteiger partial charge in [-0.15, -0.1) is 0 Å². The van der Waals surface area contributed by atoms with Crippen LogP contribution in [0.15, 0.2) is 97.2 Å². The first-order valence-electron chi connectivity index (χ1n) is 23.6. The van der Waals surface area contributed by atoms with E-state index >= 15 is 0 Å². The van der Waals surface area contributed by atoms with Crippen LogP contribution in [0.1, 0.15) is 194 Å². The maximum absolute atomic E-state index is 13.1. The van der Waals surface area contributed by atoms with Crippen LogP contribution in [-0.4, -0.2) is 46.9 Å². The van der Waals surface area contributed by atoms with Gasteiger partial charge in [0.2, 0.25) is 5.91 Å². The van der Waals surface area contributed by atoms with Crippen LogP contribution in [0.4, 0.5) is 0 Å². The summed E-state index contributed by atoms with van der Waals surface area (Å²) in [7, 11) is 0. The molecule has 0 spiro atoms. The highest BCUT2D eigenvalue weighted by atomic mass is 16.5. The lowest BCUT2D eigenvalue weighted by molar-refractivity contribution is -0.151. The minimum Gasteiger partial charge on any atom is -0.462 e. The largest absolute Gasteiger partial charge is 0.462 e. The number of hydrogen-bond donors (Lipinski definition) is 3. The Bertz CT molecular complexity index is 1180. The molecule has 58 heavy (non-hydrogen) atoms. The first-order valence-corrected chi connectivity index (χ1v) is 23.6. The summed E-state index contributed by atoms with van der Waals surface area (Å²) >= 11 is 0. The Morgan fingerprint density at radius 1 is 0.517 bits per heavy atom. The molecule has 0 aliphatic carbocycles. The molecule has 1 amide bonds. The summed E-state index contributed by atoms with van der Waals surface area (Å²) in [6, 6.07) is -0.722. The molecule has 3 atom stereocenters. The molecule has 0 bridgehead atoms. The van der Waals surface area contributed by atoms with Gasteiger partial charge in [-0.1, -0.05) is 214 Å². The van der Waals surface area contributed by atoms with E-state index in [0.29, 0.717) is 19.3 Å². The lowest BCUT2D eigenvalue weighted by Gasteiger charge is -2.24. The fourth-order valence-corrected chi connectivity index (χ4v) is 6.52. The molecule has 0 saturated heterocycles. The van der Waals surface area contributed by atoms with Crippen molar-refractivity contribution in [1.29, 1.82) is 0 Å². The highest BCUT2D eigenvalue weighted by Gasteiger charge is 2.24. The van der Waals surface area contributed by atoms with Crippen LogP contribution < -0.4 is 5.32 Å². The summed E-state index contributed by atoms with van der Waals surface area (Å²) in [5.74, 6) is -0.550. The van der Waals surface area contributed by atoms with E-state index in [-0.39, 0.29) is 24.9 Å². The number of allylic oxidation sites excluding steroid dienone is 16. The van der Waals surface area contributed by atoms with Crippen molar-refractivity contribution in [2.24, 2.45) is 0 Å². The number of carbonyl (C=O) groups excluding carboxylic acids is 2. The van der Waals surface area contributed by atoms with E-state index in [1.807, 2.05) is 36.5 Å². The van der Waals surface area contributed by atoms with Gasteiger partial charge in [0.1, 0.15) is 6.10 Å². The van der Waals surface area contributed by atoms with Crippen molar-refractivity contribution in [2.45, 2.75) is 212 Å². The third kappa shape index (κ3) is 39.6. The number of aliphatic hydroxyl groups excluding tert-OH is 2. The molecule has 0 aromatic rings. The van der Waals surface area contributed by atoms with Crippen molar-refractivity contribution >= 4 is 11.9 Å². The van der Waals surface area contributed by atoms with Gasteiger partial charge in [-0.25, -0.2) is 0 Å². The number of ether oxygens (including phenoxy) is 1. The number of hydrogen-bond acceptors (Lipinski definition) is 5. The van der Waals surface area contributed by atoms with Crippen molar-refractivity contribution in [3.63, 3.8) is 0 Å². The Morgan fingerprint density at radius 2 is 0.966 bits per heavy atom. The van der Waals surface area contributed by atoms with Crippen LogP contribution in [-0.2, 0) is 14.3 Å². The monoisotopic (exact) mass is 806 g/mol. The van der Waals surface area contributed by atoms with Crippen molar-refractivity contribution < 1.29 is 24.5 Å². The van der Waals surface area contributed by atoms with Crippen LogP contribution in [0, 0.1) is 0 Å². The molecule has 0 aliphatic rings. The zero-order chi connectivity index (χ0) is 42.4. The van der Waals surface area contributed by atoms with Gasteiger partial charge in [0.25, 0.3) is 0 Å². The number of amides is 1. The Labute approximate surface area is 356 Å². The molecule has 0 fully saturated rings. The quantitative estimate of drug-likeness (QED) is 0.0326. The summed E-state index contributed by atoms with van der Waals surface area (Å²) < 4.78 is 5.88. The summed E-state index contributed by atoms with van der Waals surface area (Å²) in [5.41, 5.74) is 0. The number of esters is 1. The van der Waals surface area contributed by atoms with Gasteiger partial charge in [0.15, 0.2) is 0 Å². The van der Waals surface area contributed by atoms with E-state index in [1.54, 1.807) is 0 Å². The average molecular weight is 806 g/mol. The van der Waals surface area contributed by atoms with Gasteiger partial charge in [-0.2, -0.15) is 0 Å². The summed E-state index contributed by atoms with van der Waals surface area (Å²) in [6.45, 7) is 6.21. The van der Waals surface area contributed by atoms with Crippen LogP contribution in [0.5, 0.6) is 0 Å². The molecule has 0 aromatic heterocycles. The average Bonchev–Trinajstić information content (AvgIpc) is 3.22. The molecule has 0 heterocycles. The van der Waals surface area contributed by atoms with E-state index in [1.165, 1.54) is 51.4 Å². The summed E-state index contributed by atoms with van der Waals surface area (Å²) in [5, 5.41) is 23.6. The van der Waals surface area contributed by atoms with Crippen LogP contribution in [0.3, 0.4) is 0 Å². The Kier molecular flexibility index (Phi) is 42.4. The Morgan fingerprint density at radius 3 is 1.50 bits per heavy atom. The zero-order valence-electron chi connectivity index (χ0n) is 37.4. The lowest BCUT2D eigenvalue weighted by atomic mass is 10.0. The number of carbonyl (C=O) groups is 2. The molecule has 0 radical (unpaired) electrons. The van der Waals surface area contributed by atoms with E-state index in [0.717, 1.165) is 96.3 Å². The van der Waals surface area contributed by atoms with Gasteiger partial charge in [-0.05, 0) is 64.2 Å². The molecule has 0 aliphatic heterocycles. The van der Waals surface area contributed by atoms with Gasteiger partial charge < -0.3 is 20.3 Å². The molecule has 0 aromatic carbocycles. The molecule has 3 N–H and O–H groups in total. The van der Waals surface area contributed by atoms with Gasteiger partial charge in [0, 0.05) is 6.42 Å². The van der Waals surface area contributed by atoms with Gasteiger partial charge in [-0.3, -0.25) is 9.59 Å². The first kappa shape index (κ1) is 54.8. The fourth-order valence-electron chi connectivity index (χ4n) is 6.52. The number of rotatable bonds is 40. The molecular weight excluding hydrogens is 719 g/mol. The lowest BCUT2D eigenvalue weighted by Crippen LogP contribution is -2.46. The van der Waals surface area contributed by atoms with E-state index in [2.05, 4.69) is 86.8 Å². The highest BCUT2D eigenvalue weighted by molar-refractivity contribution is 5.77. The SMILES string of the molecule is CC/C=C/C=C/C=C\CCCCCC(CC(=O)NC(CO)C(O)CCCCCCCCCCCC)OC(=O)CCCCCCC/C=C/C=C/C=C/C=C/C=C/CCC. The van der Waals surface area contributed by atoms with Crippen molar-refractivity contribution in [1.82, 2.24) is 5.32 Å². The Hall–Kier alpha value is -3.22. The van der Waals surface area contributed by atoms with Crippen LogP contribution in [0.2, 0.25) is 0 Å². The van der Waals surface area contributed by atoms with E-state index < -0.39 is 18.2 Å². The minimum absolute atomic E-state index is 0.0377. The maximum atomic E-state index is 13.1. The summed E-state index contributed by atoms with van der Waals surface area (Å²) in [4.78, 5) is 26.0. The number of unbranched alkanes of at least 4 members (excludes halogenated alkanes) is 18. The second-order valence-electron chi connectivity index (χ2n) is 15.6. The van der Waals surface area contributed by atoms with Crippen LogP contribution >= 0.6 is 0 Å². The van der Waals surface area contributed by atoms with Crippen molar-refractivity contribution in [2.75, 3.05) is 6.61 Å². The molecule has 0 rings (SSSR count). The molecule has 0 saturated carbocycles. The van der Waals surface area contributed by atoms with Crippen LogP contribution in [0.25, 0.3) is 0 Å². The fraction of sp³-hybridized carbons (Fsp3) is 0.654. The molecule has 3 unspecified atom stereocenters. The normalized spacial score (nSPS) is 14.2. The third-order valence-electron chi connectivity index (χ3n) is 10.1. The predicted molar refractivity (Wildman–Crippen MR) is 250 cm³/mol. The topological polar surface area (TPSA) is 95.9 Å². The smallest absolute Gasteiger partial charge is 0.306 e.